The SMILES string of the molecule is C/C=C/C(=O)C1(Cc2ccc3c(c2)C(=O)c2ccccc2C3=O)S(=O)(=O)OCCOS1(=O)=O. The van der Waals surface area contributed by atoms with Gasteiger partial charge in [0.2, 0.25) is 0 Å². The molecule has 9 nitrogen and oxygen atoms in total. The minimum atomic E-state index is -5.01. The van der Waals surface area contributed by atoms with Gasteiger partial charge in [-0.25, -0.2) is 0 Å². The quantitative estimate of drug-likeness (QED) is 0.394. The third-order valence-corrected chi connectivity index (χ3v) is 9.97. The third-order valence-electron chi connectivity index (χ3n) is 5.49. The van der Waals surface area contributed by atoms with Gasteiger partial charge in [-0.15, -0.1) is 0 Å². The highest BCUT2D eigenvalue weighted by Gasteiger charge is 2.63. The Bertz CT molecular complexity index is 1400. The molecule has 0 aromatic heterocycles. The molecule has 0 N–H and O–H groups in total. The smallest absolute Gasteiger partial charge is 0.292 e. The maximum atomic E-state index is 13.0. The summed E-state index contributed by atoms with van der Waals surface area (Å²) in [6.45, 7) is 0.255. The van der Waals surface area contributed by atoms with Crippen molar-refractivity contribution in [1.29, 1.82) is 0 Å². The van der Waals surface area contributed by atoms with Gasteiger partial charge in [0.05, 0.1) is 13.2 Å². The van der Waals surface area contributed by atoms with Crippen molar-refractivity contribution in [2.24, 2.45) is 0 Å². The summed E-state index contributed by atoms with van der Waals surface area (Å²) in [6, 6.07) is 10.1. The standard InChI is InChI=1S/C22H18O9S2/c1-2-5-19(23)22(32(26,27)30-10-11-31-33(22,28)29)13-14-8-9-17-18(12-14)21(25)16-7-4-3-6-15(16)20(17)24/h2-9,12H,10-11,13H2,1H3/b5-2+. The van der Waals surface area contributed by atoms with Crippen LogP contribution in [-0.2, 0) is 39.8 Å². The summed E-state index contributed by atoms with van der Waals surface area (Å²) in [5.74, 6) is -2.14. The van der Waals surface area contributed by atoms with Gasteiger partial charge in [0.25, 0.3) is 24.3 Å². The van der Waals surface area contributed by atoms with Crippen LogP contribution in [0.4, 0.5) is 0 Å². The molecular formula is C22H18O9S2. The summed E-state index contributed by atoms with van der Waals surface area (Å²) in [4.78, 5) is 38.8. The Hall–Kier alpha value is -2.99. The van der Waals surface area contributed by atoms with Crippen LogP contribution >= 0.6 is 0 Å². The fourth-order valence-corrected chi connectivity index (χ4v) is 7.48. The molecule has 2 aliphatic rings. The predicted molar refractivity (Wildman–Crippen MR) is 116 cm³/mol. The van der Waals surface area contributed by atoms with E-state index in [0.717, 1.165) is 6.08 Å². The lowest BCUT2D eigenvalue weighted by Crippen LogP contribution is -2.54. The van der Waals surface area contributed by atoms with E-state index >= 15 is 0 Å². The number of hydrogen-bond donors (Lipinski definition) is 0. The van der Waals surface area contributed by atoms with E-state index in [1.54, 1.807) is 12.1 Å². The summed E-state index contributed by atoms with van der Waals surface area (Å²) >= 11 is 0. The minimum Gasteiger partial charge on any atom is -0.292 e. The zero-order chi connectivity index (χ0) is 24.0. The van der Waals surface area contributed by atoms with E-state index in [9.17, 15) is 31.2 Å². The maximum Gasteiger partial charge on any atom is 0.298 e. The summed E-state index contributed by atoms with van der Waals surface area (Å²) < 4.78 is 58.3. The molecule has 2 aromatic rings. The lowest BCUT2D eigenvalue weighted by molar-refractivity contribution is -0.115. The molecule has 1 aliphatic heterocycles. The molecule has 0 unspecified atom stereocenters. The van der Waals surface area contributed by atoms with Crippen LogP contribution in [0, 0.1) is 0 Å². The molecule has 33 heavy (non-hydrogen) atoms. The van der Waals surface area contributed by atoms with Crippen molar-refractivity contribution in [2.75, 3.05) is 13.2 Å². The fraction of sp³-hybridized carbons (Fsp3) is 0.227. The zero-order valence-electron chi connectivity index (χ0n) is 17.3. The van der Waals surface area contributed by atoms with Crippen molar-refractivity contribution in [3.63, 3.8) is 0 Å². The first-order chi connectivity index (χ1) is 15.6. The third kappa shape index (κ3) is 3.48. The molecule has 4 rings (SSSR count). The van der Waals surface area contributed by atoms with E-state index in [-0.39, 0.29) is 27.8 Å². The number of allylic oxidation sites excluding steroid dienone is 2. The first kappa shape index (κ1) is 23.2. The average molecular weight is 491 g/mol. The monoisotopic (exact) mass is 490 g/mol. The van der Waals surface area contributed by atoms with Crippen LogP contribution in [0.25, 0.3) is 0 Å². The Morgan fingerprint density at radius 1 is 0.879 bits per heavy atom. The van der Waals surface area contributed by atoms with Crippen molar-refractivity contribution < 1.29 is 39.6 Å². The van der Waals surface area contributed by atoms with Gasteiger partial charge in [-0.05, 0) is 24.6 Å². The number of fused-ring (bicyclic) bond motifs is 2. The van der Waals surface area contributed by atoms with E-state index < -0.39 is 61.3 Å². The van der Waals surface area contributed by atoms with Crippen LogP contribution in [0.1, 0.15) is 44.3 Å². The predicted octanol–water partition coefficient (Wildman–Crippen LogP) is 1.55. The van der Waals surface area contributed by atoms with Crippen molar-refractivity contribution >= 4 is 37.6 Å². The van der Waals surface area contributed by atoms with Crippen molar-refractivity contribution in [3.8, 4) is 0 Å². The van der Waals surface area contributed by atoms with Gasteiger partial charge in [-0.1, -0.05) is 42.5 Å². The highest BCUT2D eigenvalue weighted by molar-refractivity contribution is 8.07. The second kappa shape index (κ2) is 8.10. The van der Waals surface area contributed by atoms with Gasteiger partial charge in [-0.3, -0.25) is 22.7 Å². The van der Waals surface area contributed by atoms with Crippen LogP contribution in [0.5, 0.6) is 0 Å². The topological polar surface area (TPSA) is 138 Å². The molecule has 0 bridgehead atoms. The minimum absolute atomic E-state index is 0.0184. The lowest BCUT2D eigenvalue weighted by atomic mass is 9.83. The molecule has 0 spiro atoms. The Kier molecular flexibility index (Phi) is 5.69. The van der Waals surface area contributed by atoms with E-state index in [4.69, 9.17) is 8.37 Å². The van der Waals surface area contributed by atoms with Gasteiger partial charge in [0, 0.05) is 28.7 Å². The summed E-state index contributed by atoms with van der Waals surface area (Å²) in [7, 11) is -10.0. The first-order valence-corrected chi connectivity index (χ1v) is 12.6. The molecule has 0 atom stereocenters. The number of carbonyl (C=O) groups excluding carboxylic acids is 3. The molecule has 172 valence electrons. The van der Waals surface area contributed by atoms with Gasteiger partial charge >= 0.3 is 0 Å². The summed E-state index contributed by atoms with van der Waals surface area (Å²) in [5, 5.41) is 0. The van der Waals surface area contributed by atoms with Crippen LogP contribution < -0.4 is 0 Å². The molecule has 0 amide bonds. The first-order valence-electron chi connectivity index (χ1n) is 9.82. The molecule has 11 heteroatoms. The maximum absolute atomic E-state index is 13.0. The van der Waals surface area contributed by atoms with Crippen LogP contribution in [0.15, 0.2) is 54.6 Å². The molecule has 0 radical (unpaired) electrons. The zero-order valence-corrected chi connectivity index (χ0v) is 18.9. The lowest BCUT2D eigenvalue weighted by Gasteiger charge is -2.27. The van der Waals surface area contributed by atoms with E-state index in [0.29, 0.717) is 0 Å². The Morgan fingerprint density at radius 2 is 1.39 bits per heavy atom. The second-order valence-electron chi connectivity index (χ2n) is 7.43. The fourth-order valence-electron chi connectivity index (χ4n) is 3.92. The second-order valence-corrected chi connectivity index (χ2v) is 11.4. The Labute approximate surface area is 190 Å². The normalized spacial score (nSPS) is 20.6. The van der Waals surface area contributed by atoms with Crippen molar-refractivity contribution in [2.45, 2.75) is 17.4 Å². The number of rotatable bonds is 4. The highest BCUT2D eigenvalue weighted by atomic mass is 32.3. The molecule has 1 heterocycles. The number of benzene rings is 2. The molecule has 1 aliphatic carbocycles. The van der Waals surface area contributed by atoms with Gasteiger partial charge in [0.15, 0.2) is 17.3 Å². The Morgan fingerprint density at radius 3 is 1.94 bits per heavy atom. The number of carbonyl (C=O) groups is 3. The van der Waals surface area contributed by atoms with E-state index in [2.05, 4.69) is 0 Å². The van der Waals surface area contributed by atoms with Gasteiger partial charge < -0.3 is 0 Å². The molecule has 1 saturated heterocycles. The summed E-state index contributed by atoms with van der Waals surface area (Å²) in [6.07, 6.45) is 1.14. The molecule has 1 fully saturated rings. The van der Waals surface area contributed by atoms with Gasteiger partial charge in [-0.2, -0.15) is 16.8 Å². The number of hydrogen-bond acceptors (Lipinski definition) is 9. The average Bonchev–Trinajstić information content (AvgIpc) is 2.86. The van der Waals surface area contributed by atoms with Crippen molar-refractivity contribution in [1.82, 2.24) is 0 Å². The van der Waals surface area contributed by atoms with Crippen molar-refractivity contribution in [3.05, 3.63) is 82.4 Å². The highest BCUT2D eigenvalue weighted by Crippen LogP contribution is 2.37. The molecular weight excluding hydrogens is 472 g/mol. The van der Waals surface area contributed by atoms with Crippen LogP contribution in [-0.4, -0.2) is 51.5 Å². The van der Waals surface area contributed by atoms with E-state index in [1.807, 2.05) is 0 Å². The molecule has 0 saturated carbocycles. The largest absolute Gasteiger partial charge is 0.298 e. The Balaban J connectivity index is 1.90. The van der Waals surface area contributed by atoms with Crippen LogP contribution in [0.3, 0.4) is 0 Å². The van der Waals surface area contributed by atoms with Crippen LogP contribution in [0.2, 0.25) is 0 Å². The molecule has 2 aromatic carbocycles. The number of ketones is 3. The summed E-state index contributed by atoms with van der Waals surface area (Å²) in [5.41, 5.74) is 0.505. The van der Waals surface area contributed by atoms with Gasteiger partial charge in [0.1, 0.15) is 0 Å². The van der Waals surface area contributed by atoms with E-state index in [1.165, 1.54) is 43.3 Å².